The van der Waals surface area contributed by atoms with Crippen LogP contribution in [0.5, 0.6) is 5.75 Å². The van der Waals surface area contributed by atoms with Crippen molar-refractivity contribution in [2.75, 3.05) is 5.32 Å². The molecule has 2 heterocycles. The van der Waals surface area contributed by atoms with E-state index >= 15 is 0 Å². The lowest BCUT2D eigenvalue weighted by molar-refractivity contribution is 0.475. The average molecular weight is 307 g/mol. The number of benzene rings is 2. The Labute approximate surface area is 130 Å². The second-order valence-corrected chi connectivity index (χ2v) is 5.39. The highest BCUT2D eigenvalue weighted by molar-refractivity contribution is 6.10. The first-order chi connectivity index (χ1) is 11.1. The molecule has 0 saturated carbocycles. The van der Waals surface area contributed by atoms with Crippen LogP contribution < -0.4 is 10.9 Å². The Bertz CT molecular complexity index is 1070. The molecule has 23 heavy (non-hydrogen) atoms. The van der Waals surface area contributed by atoms with Crippen LogP contribution in [0.3, 0.4) is 0 Å². The number of hydrogen-bond donors (Lipinski definition) is 2. The molecule has 0 amide bonds. The first-order valence-electron chi connectivity index (χ1n) is 7.12. The van der Waals surface area contributed by atoms with Crippen LogP contribution in [0.15, 0.2) is 62.4 Å². The monoisotopic (exact) mass is 307 g/mol. The molecule has 0 unspecified atom stereocenters. The fraction of sp³-hybridized carbons (Fsp3) is 0.0556. The van der Waals surface area contributed by atoms with Gasteiger partial charge >= 0.3 is 5.63 Å². The molecule has 4 aromatic rings. The van der Waals surface area contributed by atoms with Crippen LogP contribution in [0.2, 0.25) is 0 Å². The van der Waals surface area contributed by atoms with E-state index in [0.29, 0.717) is 16.9 Å². The van der Waals surface area contributed by atoms with Gasteiger partial charge in [-0.15, -0.1) is 0 Å². The summed E-state index contributed by atoms with van der Waals surface area (Å²) in [6, 6.07) is 11.9. The van der Waals surface area contributed by atoms with Crippen molar-refractivity contribution in [1.82, 2.24) is 0 Å². The number of fused-ring (bicyclic) bond motifs is 3. The van der Waals surface area contributed by atoms with Gasteiger partial charge in [0.2, 0.25) is 0 Å². The lowest BCUT2D eigenvalue weighted by atomic mass is 10.1. The van der Waals surface area contributed by atoms with Crippen molar-refractivity contribution in [3.8, 4) is 5.75 Å². The molecule has 0 spiro atoms. The van der Waals surface area contributed by atoms with Crippen LogP contribution in [0.4, 0.5) is 11.4 Å². The van der Waals surface area contributed by atoms with Gasteiger partial charge in [0, 0.05) is 17.1 Å². The SMILES string of the molecule is Cc1cc(=O)oc2c1ccc1occ(Nc3ccc(O)cc3)c12. The first kappa shape index (κ1) is 13.5. The summed E-state index contributed by atoms with van der Waals surface area (Å²) in [5.41, 5.74) is 3.09. The number of phenols is 1. The van der Waals surface area contributed by atoms with E-state index in [1.165, 1.54) is 6.07 Å². The molecule has 114 valence electrons. The Morgan fingerprint density at radius 3 is 2.65 bits per heavy atom. The second kappa shape index (κ2) is 4.91. The fourth-order valence-electron chi connectivity index (χ4n) is 2.69. The van der Waals surface area contributed by atoms with E-state index in [1.807, 2.05) is 19.1 Å². The number of aromatic hydroxyl groups is 1. The third-order valence-corrected chi connectivity index (χ3v) is 3.80. The lowest BCUT2D eigenvalue weighted by Crippen LogP contribution is -1.98. The molecule has 4 rings (SSSR count). The van der Waals surface area contributed by atoms with Gasteiger partial charge in [0.1, 0.15) is 17.6 Å². The molecule has 0 atom stereocenters. The number of anilines is 2. The molecule has 2 aromatic heterocycles. The zero-order chi connectivity index (χ0) is 16.0. The van der Waals surface area contributed by atoms with Gasteiger partial charge in [-0.25, -0.2) is 4.79 Å². The molecule has 5 heteroatoms. The molecule has 0 bridgehead atoms. The number of aryl methyl sites for hydroxylation is 1. The van der Waals surface area contributed by atoms with Gasteiger partial charge < -0.3 is 19.3 Å². The van der Waals surface area contributed by atoms with E-state index < -0.39 is 0 Å². The summed E-state index contributed by atoms with van der Waals surface area (Å²) < 4.78 is 11.0. The normalized spacial score (nSPS) is 11.2. The standard InChI is InChI=1S/C18H13NO4/c1-10-8-16(21)23-18-13(10)6-7-15-17(18)14(9-22-15)19-11-2-4-12(20)5-3-11/h2-9,19-20H,1H3. The molecule has 5 nitrogen and oxygen atoms in total. The highest BCUT2D eigenvalue weighted by atomic mass is 16.4. The predicted octanol–water partition coefficient (Wildman–Crippen LogP) is 4.30. The number of phenolic OH excluding ortho intramolecular Hbond substituents is 1. The van der Waals surface area contributed by atoms with E-state index in [-0.39, 0.29) is 11.4 Å². The average Bonchev–Trinajstić information content (AvgIpc) is 2.93. The summed E-state index contributed by atoms with van der Waals surface area (Å²) in [6.45, 7) is 1.87. The molecule has 0 aliphatic carbocycles. The van der Waals surface area contributed by atoms with Crippen LogP contribution >= 0.6 is 0 Å². The Balaban J connectivity index is 1.95. The summed E-state index contributed by atoms with van der Waals surface area (Å²) in [4.78, 5) is 11.7. The Morgan fingerprint density at radius 2 is 1.87 bits per heavy atom. The smallest absolute Gasteiger partial charge is 0.336 e. The van der Waals surface area contributed by atoms with Gasteiger partial charge in [0.15, 0.2) is 5.58 Å². The summed E-state index contributed by atoms with van der Waals surface area (Å²) in [5, 5.41) is 14.2. The van der Waals surface area contributed by atoms with E-state index in [4.69, 9.17) is 8.83 Å². The minimum Gasteiger partial charge on any atom is -0.508 e. The van der Waals surface area contributed by atoms with Crippen LogP contribution in [-0.2, 0) is 0 Å². The number of hydrogen-bond acceptors (Lipinski definition) is 5. The zero-order valence-electron chi connectivity index (χ0n) is 12.3. The molecular weight excluding hydrogens is 294 g/mol. The Kier molecular flexibility index (Phi) is 2.87. The first-order valence-corrected chi connectivity index (χ1v) is 7.12. The topological polar surface area (TPSA) is 75.6 Å². The van der Waals surface area contributed by atoms with Gasteiger partial charge in [-0.1, -0.05) is 0 Å². The van der Waals surface area contributed by atoms with Crippen molar-refractivity contribution < 1.29 is 13.9 Å². The zero-order valence-corrected chi connectivity index (χ0v) is 12.3. The Hall–Kier alpha value is -3.21. The summed E-state index contributed by atoms with van der Waals surface area (Å²) in [7, 11) is 0. The van der Waals surface area contributed by atoms with Gasteiger partial charge in [0.25, 0.3) is 0 Å². The van der Waals surface area contributed by atoms with Crippen LogP contribution in [-0.4, -0.2) is 5.11 Å². The molecule has 0 fully saturated rings. The predicted molar refractivity (Wildman–Crippen MR) is 88.4 cm³/mol. The summed E-state index contributed by atoms with van der Waals surface area (Å²) in [6.07, 6.45) is 1.58. The highest BCUT2D eigenvalue weighted by Crippen LogP contribution is 2.35. The van der Waals surface area contributed by atoms with Gasteiger partial charge in [-0.05, 0) is 48.9 Å². The molecule has 2 N–H and O–H groups in total. The maximum Gasteiger partial charge on any atom is 0.336 e. The summed E-state index contributed by atoms with van der Waals surface area (Å²) >= 11 is 0. The third kappa shape index (κ3) is 2.23. The molecule has 2 aromatic carbocycles. The van der Waals surface area contributed by atoms with Crippen LogP contribution in [0.25, 0.3) is 21.9 Å². The molecule has 0 radical (unpaired) electrons. The lowest BCUT2D eigenvalue weighted by Gasteiger charge is -2.06. The van der Waals surface area contributed by atoms with Crippen LogP contribution in [0.1, 0.15) is 5.56 Å². The van der Waals surface area contributed by atoms with E-state index in [0.717, 1.165) is 22.0 Å². The number of rotatable bonds is 2. The largest absolute Gasteiger partial charge is 0.508 e. The van der Waals surface area contributed by atoms with Gasteiger partial charge in [-0.2, -0.15) is 0 Å². The number of furan rings is 1. The van der Waals surface area contributed by atoms with Crippen molar-refractivity contribution in [3.05, 3.63) is 64.7 Å². The maximum absolute atomic E-state index is 11.7. The van der Waals surface area contributed by atoms with E-state index in [1.54, 1.807) is 30.5 Å². The molecule has 0 aliphatic heterocycles. The quantitative estimate of drug-likeness (QED) is 0.426. The van der Waals surface area contributed by atoms with Crippen molar-refractivity contribution in [3.63, 3.8) is 0 Å². The Morgan fingerprint density at radius 1 is 1.09 bits per heavy atom. The summed E-state index contributed by atoms with van der Waals surface area (Å²) in [5.74, 6) is 0.194. The van der Waals surface area contributed by atoms with Gasteiger partial charge in [0.05, 0.1) is 11.1 Å². The van der Waals surface area contributed by atoms with Crippen LogP contribution in [0, 0.1) is 6.92 Å². The van der Waals surface area contributed by atoms with Crippen molar-refractivity contribution in [2.45, 2.75) is 6.92 Å². The molecule has 0 saturated heterocycles. The fourth-order valence-corrected chi connectivity index (χ4v) is 2.69. The van der Waals surface area contributed by atoms with Crippen molar-refractivity contribution in [1.29, 1.82) is 0 Å². The third-order valence-electron chi connectivity index (χ3n) is 3.80. The van der Waals surface area contributed by atoms with E-state index in [2.05, 4.69) is 5.32 Å². The minimum absolute atomic E-state index is 0.194. The van der Waals surface area contributed by atoms with Crippen molar-refractivity contribution in [2.24, 2.45) is 0 Å². The molecular formula is C18H13NO4. The van der Waals surface area contributed by atoms with Crippen molar-refractivity contribution >= 4 is 33.3 Å². The highest BCUT2D eigenvalue weighted by Gasteiger charge is 2.14. The maximum atomic E-state index is 11.7. The second-order valence-electron chi connectivity index (χ2n) is 5.39. The number of nitrogens with one attached hydrogen (secondary N) is 1. The van der Waals surface area contributed by atoms with Gasteiger partial charge in [-0.3, -0.25) is 0 Å². The minimum atomic E-state index is -0.390. The molecule has 0 aliphatic rings. The van der Waals surface area contributed by atoms with E-state index in [9.17, 15) is 9.90 Å².